The predicted molar refractivity (Wildman–Crippen MR) is 87.2 cm³/mol. The van der Waals surface area contributed by atoms with Gasteiger partial charge in [0.05, 0.1) is 0 Å². The lowest BCUT2D eigenvalue weighted by atomic mass is 9.94. The van der Waals surface area contributed by atoms with Gasteiger partial charge in [0, 0.05) is 6.04 Å². The molecule has 1 unspecified atom stereocenters. The van der Waals surface area contributed by atoms with Gasteiger partial charge in [-0.05, 0) is 59.2 Å². The molecule has 1 aliphatic heterocycles. The highest BCUT2D eigenvalue weighted by Gasteiger charge is 2.28. The van der Waals surface area contributed by atoms with Crippen molar-refractivity contribution in [3.8, 4) is 22.6 Å². The van der Waals surface area contributed by atoms with Crippen LogP contribution in [0.3, 0.4) is 0 Å². The summed E-state index contributed by atoms with van der Waals surface area (Å²) in [5.41, 5.74) is 11.5. The average Bonchev–Trinajstić information content (AvgIpc) is 3.12. The first-order chi connectivity index (χ1) is 10.8. The number of rotatable bonds is 3. The van der Waals surface area contributed by atoms with Crippen LogP contribution in [0.2, 0.25) is 0 Å². The molecule has 2 aromatic rings. The summed E-state index contributed by atoms with van der Waals surface area (Å²) in [6.07, 6.45) is 3.51. The Hall–Kier alpha value is -2.00. The molecule has 22 heavy (non-hydrogen) atoms. The number of nitrogens with two attached hydrogens (primary N) is 1. The molecule has 114 valence electrons. The summed E-state index contributed by atoms with van der Waals surface area (Å²) < 4.78 is 10.9. The zero-order chi connectivity index (χ0) is 15.1. The Balaban J connectivity index is 1.71. The molecule has 0 radical (unpaired) electrons. The number of ether oxygens (including phenoxy) is 2. The number of benzene rings is 2. The summed E-state index contributed by atoms with van der Waals surface area (Å²) in [6, 6.07) is 13.0. The van der Waals surface area contributed by atoms with Crippen LogP contribution < -0.4 is 15.2 Å². The van der Waals surface area contributed by atoms with Gasteiger partial charge in [0.25, 0.3) is 0 Å². The lowest BCUT2D eigenvalue weighted by molar-refractivity contribution is 0.174. The van der Waals surface area contributed by atoms with E-state index in [2.05, 4.69) is 31.2 Å². The minimum Gasteiger partial charge on any atom is -0.454 e. The normalized spacial score (nSPS) is 21.9. The Morgan fingerprint density at radius 3 is 2.64 bits per heavy atom. The molecule has 1 heterocycles. The van der Waals surface area contributed by atoms with E-state index in [0.29, 0.717) is 12.7 Å². The van der Waals surface area contributed by atoms with Crippen molar-refractivity contribution in [1.29, 1.82) is 0 Å². The summed E-state index contributed by atoms with van der Waals surface area (Å²) in [4.78, 5) is 0. The van der Waals surface area contributed by atoms with Gasteiger partial charge in [-0.25, -0.2) is 0 Å². The van der Waals surface area contributed by atoms with E-state index in [1.54, 1.807) is 0 Å². The summed E-state index contributed by atoms with van der Waals surface area (Å²) in [7, 11) is 0. The lowest BCUT2D eigenvalue weighted by Gasteiger charge is -2.11. The molecule has 3 nitrogen and oxygen atoms in total. The minimum absolute atomic E-state index is 0.167. The van der Waals surface area contributed by atoms with Crippen molar-refractivity contribution in [2.75, 3.05) is 6.79 Å². The van der Waals surface area contributed by atoms with Gasteiger partial charge in [0.1, 0.15) is 0 Å². The second kappa shape index (κ2) is 5.33. The van der Waals surface area contributed by atoms with Gasteiger partial charge < -0.3 is 15.2 Å². The number of hydrogen-bond donors (Lipinski definition) is 1. The Bertz CT molecular complexity index is 711. The van der Waals surface area contributed by atoms with Crippen molar-refractivity contribution >= 4 is 0 Å². The van der Waals surface area contributed by atoms with Gasteiger partial charge in [-0.3, -0.25) is 0 Å². The smallest absolute Gasteiger partial charge is 0.231 e. The van der Waals surface area contributed by atoms with E-state index >= 15 is 0 Å². The van der Waals surface area contributed by atoms with Crippen LogP contribution in [0.15, 0.2) is 36.4 Å². The molecule has 0 amide bonds. The van der Waals surface area contributed by atoms with Gasteiger partial charge in [-0.2, -0.15) is 0 Å². The van der Waals surface area contributed by atoms with Gasteiger partial charge in [-0.1, -0.05) is 31.5 Å². The van der Waals surface area contributed by atoms with E-state index in [-0.39, 0.29) is 6.04 Å². The van der Waals surface area contributed by atoms with Crippen molar-refractivity contribution in [2.24, 2.45) is 5.73 Å². The van der Waals surface area contributed by atoms with Crippen LogP contribution in [0.1, 0.15) is 49.3 Å². The molecule has 0 spiro atoms. The third-order valence-corrected chi connectivity index (χ3v) is 4.81. The molecular formula is C19H21NO2. The van der Waals surface area contributed by atoms with E-state index in [0.717, 1.165) is 23.5 Å². The Morgan fingerprint density at radius 2 is 1.77 bits per heavy atom. The van der Waals surface area contributed by atoms with E-state index in [1.807, 2.05) is 12.1 Å². The van der Waals surface area contributed by atoms with Crippen LogP contribution in [-0.4, -0.2) is 6.79 Å². The van der Waals surface area contributed by atoms with Crippen LogP contribution in [0.25, 0.3) is 11.1 Å². The Labute approximate surface area is 131 Å². The van der Waals surface area contributed by atoms with Crippen molar-refractivity contribution < 1.29 is 9.47 Å². The Morgan fingerprint density at radius 1 is 1.00 bits per heavy atom. The highest BCUT2D eigenvalue weighted by atomic mass is 16.7. The van der Waals surface area contributed by atoms with E-state index in [9.17, 15) is 0 Å². The fourth-order valence-electron chi connectivity index (χ4n) is 3.71. The molecule has 2 aromatic carbocycles. The first-order valence-electron chi connectivity index (χ1n) is 8.05. The van der Waals surface area contributed by atoms with E-state index < -0.39 is 0 Å². The maximum absolute atomic E-state index is 6.36. The van der Waals surface area contributed by atoms with Gasteiger partial charge >= 0.3 is 0 Å². The van der Waals surface area contributed by atoms with Crippen LogP contribution in [0, 0.1) is 0 Å². The maximum Gasteiger partial charge on any atom is 0.231 e. The zero-order valence-corrected chi connectivity index (χ0v) is 12.8. The fraction of sp³-hybridized carbons (Fsp3) is 0.368. The van der Waals surface area contributed by atoms with E-state index in [4.69, 9.17) is 15.2 Å². The molecule has 3 heteroatoms. The molecule has 1 aliphatic carbocycles. The summed E-state index contributed by atoms with van der Waals surface area (Å²) in [5, 5.41) is 0. The molecule has 0 bridgehead atoms. The molecule has 2 N–H and O–H groups in total. The minimum atomic E-state index is 0.167. The molecule has 0 saturated heterocycles. The van der Waals surface area contributed by atoms with Crippen LogP contribution in [-0.2, 0) is 0 Å². The molecule has 4 rings (SSSR count). The second-order valence-electron chi connectivity index (χ2n) is 6.24. The lowest BCUT2D eigenvalue weighted by Crippen LogP contribution is -2.05. The van der Waals surface area contributed by atoms with Gasteiger partial charge in [0.2, 0.25) is 6.79 Å². The highest BCUT2D eigenvalue weighted by Crippen LogP contribution is 2.43. The van der Waals surface area contributed by atoms with Crippen molar-refractivity contribution in [3.05, 3.63) is 47.5 Å². The quantitative estimate of drug-likeness (QED) is 0.914. The van der Waals surface area contributed by atoms with Gasteiger partial charge in [0.15, 0.2) is 11.5 Å². The van der Waals surface area contributed by atoms with E-state index in [1.165, 1.54) is 29.5 Å². The molecule has 2 atom stereocenters. The topological polar surface area (TPSA) is 44.5 Å². The maximum atomic E-state index is 6.36. The largest absolute Gasteiger partial charge is 0.454 e. The van der Waals surface area contributed by atoms with Crippen molar-refractivity contribution in [3.63, 3.8) is 0 Å². The summed E-state index contributed by atoms with van der Waals surface area (Å²) in [6.45, 7) is 2.55. The van der Waals surface area contributed by atoms with Crippen molar-refractivity contribution in [1.82, 2.24) is 0 Å². The summed E-state index contributed by atoms with van der Waals surface area (Å²) >= 11 is 0. The van der Waals surface area contributed by atoms with Crippen LogP contribution >= 0.6 is 0 Å². The third-order valence-electron chi connectivity index (χ3n) is 4.81. The summed E-state index contributed by atoms with van der Waals surface area (Å²) in [5.74, 6) is 2.27. The highest BCUT2D eigenvalue weighted by molar-refractivity contribution is 5.69. The second-order valence-corrected chi connectivity index (χ2v) is 6.24. The Kier molecular flexibility index (Phi) is 3.30. The van der Waals surface area contributed by atoms with Gasteiger partial charge in [-0.15, -0.1) is 0 Å². The monoisotopic (exact) mass is 295 g/mol. The average molecular weight is 295 g/mol. The predicted octanol–water partition coefficient (Wildman–Crippen LogP) is 4.37. The standard InChI is InChI=1S/C19H21NO2/c1-2-3-14-9-17(20)16-8-12(4-6-15(14)16)13-5-7-18-19(10-13)22-11-21-18/h4-8,10,14,17H,2-3,9,11,20H2,1H3/t14?,17-/m0/s1. The fourth-order valence-corrected chi connectivity index (χ4v) is 3.71. The third kappa shape index (κ3) is 2.17. The molecule has 0 aromatic heterocycles. The number of hydrogen-bond acceptors (Lipinski definition) is 3. The number of fused-ring (bicyclic) bond motifs is 2. The first kappa shape index (κ1) is 13.6. The molecule has 0 saturated carbocycles. The zero-order valence-electron chi connectivity index (χ0n) is 12.8. The van der Waals surface area contributed by atoms with Crippen molar-refractivity contribution in [2.45, 2.75) is 38.1 Å². The van der Waals surface area contributed by atoms with Crippen LogP contribution in [0.5, 0.6) is 11.5 Å². The first-order valence-corrected chi connectivity index (χ1v) is 8.05. The van der Waals surface area contributed by atoms with Crippen LogP contribution in [0.4, 0.5) is 0 Å². The molecule has 0 fully saturated rings. The SMILES string of the molecule is CCCC1C[C@H](N)c2cc(-c3ccc4c(c3)OCO4)ccc21. The molecule has 2 aliphatic rings. The molecular weight excluding hydrogens is 274 g/mol.